The smallest absolute Gasteiger partial charge is 0.286 e. The average molecular weight is 267 g/mol. The molecule has 6 heteroatoms. The summed E-state index contributed by atoms with van der Waals surface area (Å²) in [6.45, 7) is -0.605. The van der Waals surface area contributed by atoms with E-state index in [9.17, 15) is 13.2 Å². The fourth-order valence-corrected chi connectivity index (χ4v) is 1.55. The molecular formula is C13H12F3N3. The molecule has 19 heavy (non-hydrogen) atoms. The van der Waals surface area contributed by atoms with Crippen molar-refractivity contribution in [2.45, 2.75) is 19.3 Å². The summed E-state index contributed by atoms with van der Waals surface area (Å²) in [5.41, 5.74) is 1.45. The zero-order chi connectivity index (χ0) is 13.7. The molecular weight excluding hydrogens is 255 g/mol. The van der Waals surface area contributed by atoms with Gasteiger partial charge in [-0.1, -0.05) is 30.3 Å². The van der Waals surface area contributed by atoms with Crippen LogP contribution in [0, 0.1) is 0 Å². The van der Waals surface area contributed by atoms with Gasteiger partial charge in [0, 0.05) is 12.4 Å². The van der Waals surface area contributed by atoms with Gasteiger partial charge in [-0.2, -0.15) is 18.3 Å². The lowest BCUT2D eigenvalue weighted by molar-refractivity contribution is -0.142. The topological polar surface area (TPSA) is 30.2 Å². The molecule has 0 fully saturated rings. The molecule has 2 rings (SSSR count). The van der Waals surface area contributed by atoms with E-state index in [1.807, 2.05) is 30.3 Å². The Morgan fingerprint density at radius 3 is 2.58 bits per heavy atom. The molecule has 0 saturated carbocycles. The standard InChI is InChI=1S/C13H12F3N3/c14-13(15,16)10-19-7-6-12(18-19)9-17-8-11-4-2-1-3-5-11/h1-7,9H,8,10H2. The number of hydrogen-bond acceptors (Lipinski definition) is 2. The van der Waals surface area contributed by atoms with Crippen LogP contribution in [0.1, 0.15) is 11.3 Å². The van der Waals surface area contributed by atoms with Crippen LogP contribution < -0.4 is 0 Å². The van der Waals surface area contributed by atoms with Gasteiger partial charge in [0.25, 0.3) is 0 Å². The zero-order valence-corrected chi connectivity index (χ0v) is 10.0. The first-order valence-corrected chi connectivity index (χ1v) is 5.67. The number of benzene rings is 1. The first-order chi connectivity index (χ1) is 9.03. The molecule has 1 aromatic heterocycles. The van der Waals surface area contributed by atoms with E-state index in [4.69, 9.17) is 0 Å². The molecule has 100 valence electrons. The van der Waals surface area contributed by atoms with Gasteiger partial charge in [0.2, 0.25) is 0 Å². The van der Waals surface area contributed by atoms with Gasteiger partial charge in [-0.05, 0) is 11.6 Å². The van der Waals surface area contributed by atoms with Crippen LogP contribution in [-0.2, 0) is 13.1 Å². The molecule has 2 aromatic rings. The number of rotatable bonds is 4. The van der Waals surface area contributed by atoms with Gasteiger partial charge in [-0.25, -0.2) is 0 Å². The maximum absolute atomic E-state index is 12.1. The molecule has 0 spiro atoms. The molecule has 1 heterocycles. The Kier molecular flexibility index (Phi) is 3.99. The fraction of sp³-hybridized carbons (Fsp3) is 0.231. The second kappa shape index (κ2) is 5.69. The predicted molar refractivity (Wildman–Crippen MR) is 66.0 cm³/mol. The first-order valence-electron chi connectivity index (χ1n) is 5.67. The summed E-state index contributed by atoms with van der Waals surface area (Å²) in [5.74, 6) is 0. The van der Waals surface area contributed by atoms with Gasteiger partial charge in [-0.3, -0.25) is 9.67 Å². The molecule has 0 unspecified atom stereocenters. The third-order valence-electron chi connectivity index (χ3n) is 2.34. The number of nitrogens with zero attached hydrogens (tertiary/aromatic N) is 3. The number of halogens is 3. The fourth-order valence-electron chi connectivity index (χ4n) is 1.55. The van der Waals surface area contributed by atoms with Crippen LogP contribution in [0.4, 0.5) is 13.2 Å². The van der Waals surface area contributed by atoms with E-state index in [1.54, 1.807) is 0 Å². The van der Waals surface area contributed by atoms with Crippen molar-refractivity contribution in [3.63, 3.8) is 0 Å². The summed E-state index contributed by atoms with van der Waals surface area (Å²) in [6.07, 6.45) is -1.50. The van der Waals surface area contributed by atoms with E-state index < -0.39 is 12.7 Å². The molecule has 0 N–H and O–H groups in total. The van der Waals surface area contributed by atoms with Gasteiger partial charge in [0.05, 0.1) is 6.54 Å². The van der Waals surface area contributed by atoms with Crippen molar-refractivity contribution >= 4 is 6.21 Å². The third-order valence-corrected chi connectivity index (χ3v) is 2.34. The van der Waals surface area contributed by atoms with E-state index in [-0.39, 0.29) is 0 Å². The van der Waals surface area contributed by atoms with Crippen LogP contribution >= 0.6 is 0 Å². The van der Waals surface area contributed by atoms with Crippen LogP contribution in [0.15, 0.2) is 47.6 Å². The zero-order valence-electron chi connectivity index (χ0n) is 10.0. The van der Waals surface area contributed by atoms with Crippen LogP contribution in [0.25, 0.3) is 0 Å². The van der Waals surface area contributed by atoms with Crippen molar-refractivity contribution in [2.24, 2.45) is 4.99 Å². The molecule has 0 saturated heterocycles. The van der Waals surface area contributed by atoms with E-state index >= 15 is 0 Å². The maximum atomic E-state index is 12.1. The van der Waals surface area contributed by atoms with Gasteiger partial charge in [0.15, 0.2) is 0 Å². The minimum Gasteiger partial charge on any atom is -0.286 e. The SMILES string of the molecule is FC(F)(F)Cn1ccc(C=NCc2ccccc2)n1. The Balaban J connectivity index is 1.93. The molecule has 0 aliphatic heterocycles. The normalized spacial score (nSPS) is 12.2. The van der Waals surface area contributed by atoms with Crippen molar-refractivity contribution in [3.05, 3.63) is 53.9 Å². The summed E-state index contributed by atoms with van der Waals surface area (Å²) in [4.78, 5) is 4.14. The number of aliphatic imine (C=N–C) groups is 1. The second-order valence-corrected chi connectivity index (χ2v) is 4.01. The van der Waals surface area contributed by atoms with Crippen molar-refractivity contribution in [2.75, 3.05) is 0 Å². The first kappa shape index (κ1) is 13.3. The van der Waals surface area contributed by atoms with E-state index in [1.165, 1.54) is 18.5 Å². The minimum absolute atomic E-state index is 0.417. The molecule has 0 atom stereocenters. The molecule has 3 nitrogen and oxygen atoms in total. The maximum Gasteiger partial charge on any atom is 0.408 e. The van der Waals surface area contributed by atoms with Crippen molar-refractivity contribution in [1.29, 1.82) is 0 Å². The Morgan fingerprint density at radius 1 is 1.16 bits per heavy atom. The highest BCUT2D eigenvalue weighted by atomic mass is 19.4. The highest BCUT2D eigenvalue weighted by Crippen LogP contribution is 2.16. The number of hydrogen-bond donors (Lipinski definition) is 0. The minimum atomic E-state index is -4.26. The van der Waals surface area contributed by atoms with Gasteiger partial charge in [-0.15, -0.1) is 0 Å². The van der Waals surface area contributed by atoms with Crippen molar-refractivity contribution in [1.82, 2.24) is 9.78 Å². The number of aromatic nitrogens is 2. The van der Waals surface area contributed by atoms with Gasteiger partial charge >= 0.3 is 6.18 Å². The summed E-state index contributed by atoms with van der Waals surface area (Å²) in [7, 11) is 0. The molecule has 0 aliphatic rings. The van der Waals surface area contributed by atoms with Crippen molar-refractivity contribution < 1.29 is 13.2 Å². The van der Waals surface area contributed by atoms with Crippen LogP contribution in [0.2, 0.25) is 0 Å². The van der Waals surface area contributed by atoms with Crippen LogP contribution in [0.5, 0.6) is 0 Å². The molecule has 1 aromatic carbocycles. The lowest BCUT2D eigenvalue weighted by Crippen LogP contribution is -2.18. The van der Waals surface area contributed by atoms with Gasteiger partial charge < -0.3 is 0 Å². The largest absolute Gasteiger partial charge is 0.408 e. The van der Waals surface area contributed by atoms with Gasteiger partial charge in [0.1, 0.15) is 12.2 Å². The summed E-state index contributed by atoms with van der Waals surface area (Å²) < 4.78 is 37.2. The summed E-state index contributed by atoms with van der Waals surface area (Å²) in [5, 5.41) is 3.77. The van der Waals surface area contributed by atoms with E-state index in [2.05, 4.69) is 10.1 Å². The Morgan fingerprint density at radius 2 is 1.89 bits per heavy atom. The van der Waals surface area contributed by atoms with Crippen molar-refractivity contribution in [3.8, 4) is 0 Å². The van der Waals surface area contributed by atoms with E-state index in [0.29, 0.717) is 12.2 Å². The second-order valence-electron chi connectivity index (χ2n) is 4.01. The molecule has 0 bridgehead atoms. The summed E-state index contributed by atoms with van der Waals surface area (Å²) in [6, 6.07) is 11.1. The quantitative estimate of drug-likeness (QED) is 0.783. The van der Waals surface area contributed by atoms with Crippen LogP contribution in [0.3, 0.4) is 0 Å². The Bertz CT molecular complexity index is 544. The summed E-state index contributed by atoms with van der Waals surface area (Å²) >= 11 is 0. The highest BCUT2D eigenvalue weighted by Gasteiger charge is 2.28. The van der Waals surface area contributed by atoms with Crippen LogP contribution in [-0.4, -0.2) is 22.2 Å². The highest BCUT2D eigenvalue weighted by molar-refractivity contribution is 5.76. The van der Waals surface area contributed by atoms with E-state index in [0.717, 1.165) is 10.2 Å². The molecule has 0 amide bonds. The monoisotopic (exact) mass is 267 g/mol. The average Bonchev–Trinajstić information content (AvgIpc) is 2.76. The lowest BCUT2D eigenvalue weighted by atomic mass is 10.2. The Hall–Kier alpha value is -2.11. The lowest BCUT2D eigenvalue weighted by Gasteiger charge is -2.04. The number of alkyl halides is 3. The molecule has 0 radical (unpaired) electrons. The molecule has 0 aliphatic carbocycles. The Labute approximate surface area is 108 Å². The third kappa shape index (κ3) is 4.57. The predicted octanol–water partition coefficient (Wildman–Crippen LogP) is 3.06.